The van der Waals surface area contributed by atoms with Gasteiger partial charge in [-0.3, -0.25) is 4.79 Å². The molecule has 0 radical (unpaired) electrons. The second-order valence-electron chi connectivity index (χ2n) is 4.08. The molecule has 0 spiro atoms. The van der Waals surface area contributed by atoms with E-state index in [2.05, 4.69) is 12.2 Å². The number of carbonyl (C=O) groups excluding carboxylic acids is 1. The Morgan fingerprint density at radius 2 is 2.00 bits per heavy atom. The number of nitrogens with one attached hydrogen (secondary N) is 1. The minimum atomic E-state index is 0.104. The molecule has 0 aromatic rings. The highest BCUT2D eigenvalue weighted by atomic mass is 16.5. The maximum absolute atomic E-state index is 11.3. The van der Waals surface area contributed by atoms with Crippen molar-refractivity contribution in [2.24, 2.45) is 0 Å². The van der Waals surface area contributed by atoms with E-state index >= 15 is 0 Å². The van der Waals surface area contributed by atoms with E-state index in [1.807, 2.05) is 13.8 Å². The lowest BCUT2D eigenvalue weighted by Crippen LogP contribution is -2.25. The molecule has 0 aromatic heterocycles. The second-order valence-corrected chi connectivity index (χ2v) is 4.08. The third-order valence-electron chi connectivity index (χ3n) is 2.13. The van der Waals surface area contributed by atoms with E-state index in [9.17, 15) is 4.79 Å². The van der Waals surface area contributed by atoms with Gasteiger partial charge in [-0.2, -0.15) is 0 Å². The van der Waals surface area contributed by atoms with Crippen molar-refractivity contribution in [2.45, 2.75) is 59.0 Å². The lowest BCUT2D eigenvalue weighted by molar-refractivity contribution is -0.122. The molecule has 0 bridgehead atoms. The number of hydrogen-bond donors (Lipinski definition) is 1. The number of carbonyl (C=O) groups is 1. The Morgan fingerprint density at radius 3 is 2.60 bits per heavy atom. The Kier molecular flexibility index (Phi) is 9.59. The maximum Gasteiger partial charge on any atom is 0.222 e. The Hall–Kier alpha value is -0.570. The first-order valence-corrected chi connectivity index (χ1v) is 6.05. The van der Waals surface area contributed by atoms with E-state index in [0.717, 1.165) is 13.0 Å². The first-order valence-electron chi connectivity index (χ1n) is 6.05. The average molecular weight is 215 g/mol. The molecule has 1 amide bonds. The van der Waals surface area contributed by atoms with E-state index in [0.29, 0.717) is 13.0 Å². The Bertz CT molecular complexity index is 158. The van der Waals surface area contributed by atoms with Crippen LogP contribution in [0.25, 0.3) is 0 Å². The third-order valence-corrected chi connectivity index (χ3v) is 2.13. The van der Waals surface area contributed by atoms with E-state index in [4.69, 9.17) is 4.74 Å². The first kappa shape index (κ1) is 14.4. The number of ether oxygens (including phenoxy) is 1. The summed E-state index contributed by atoms with van der Waals surface area (Å²) in [6, 6.07) is 0. The van der Waals surface area contributed by atoms with Crippen molar-refractivity contribution in [1.82, 2.24) is 5.32 Å². The van der Waals surface area contributed by atoms with Gasteiger partial charge in [-0.25, -0.2) is 0 Å². The molecule has 0 fully saturated rings. The molecule has 15 heavy (non-hydrogen) atoms. The van der Waals surface area contributed by atoms with Crippen molar-refractivity contribution in [3.63, 3.8) is 0 Å². The van der Waals surface area contributed by atoms with Crippen LogP contribution in [0.15, 0.2) is 0 Å². The Labute approximate surface area is 93.6 Å². The van der Waals surface area contributed by atoms with Gasteiger partial charge in [0.25, 0.3) is 0 Å². The molecule has 0 rings (SSSR count). The summed E-state index contributed by atoms with van der Waals surface area (Å²) in [5.74, 6) is 0.104. The second kappa shape index (κ2) is 9.97. The van der Waals surface area contributed by atoms with Crippen LogP contribution in [0.5, 0.6) is 0 Å². The van der Waals surface area contributed by atoms with Crippen LogP contribution in [0.3, 0.4) is 0 Å². The van der Waals surface area contributed by atoms with Crippen LogP contribution in [0, 0.1) is 0 Å². The summed E-state index contributed by atoms with van der Waals surface area (Å²) >= 11 is 0. The van der Waals surface area contributed by atoms with Crippen molar-refractivity contribution in [3.05, 3.63) is 0 Å². The molecule has 0 aliphatic rings. The molecule has 90 valence electrons. The maximum atomic E-state index is 11.3. The van der Waals surface area contributed by atoms with Crippen LogP contribution in [0.2, 0.25) is 0 Å². The predicted octanol–water partition coefficient (Wildman–Crippen LogP) is 2.50. The number of rotatable bonds is 9. The topological polar surface area (TPSA) is 38.3 Å². The molecule has 0 unspecified atom stereocenters. The highest BCUT2D eigenvalue weighted by molar-refractivity contribution is 5.75. The van der Waals surface area contributed by atoms with Crippen LogP contribution >= 0.6 is 0 Å². The quantitative estimate of drug-likeness (QED) is 0.600. The number of unbranched alkanes of at least 4 members (excludes halogenated alkanes) is 3. The van der Waals surface area contributed by atoms with Gasteiger partial charge in [0.15, 0.2) is 0 Å². The van der Waals surface area contributed by atoms with Gasteiger partial charge in [0.2, 0.25) is 5.91 Å². The molecule has 0 atom stereocenters. The molecule has 0 saturated carbocycles. The van der Waals surface area contributed by atoms with Gasteiger partial charge in [0.1, 0.15) is 0 Å². The van der Waals surface area contributed by atoms with Gasteiger partial charge in [0, 0.05) is 13.0 Å². The summed E-state index contributed by atoms with van der Waals surface area (Å²) in [5.41, 5.74) is 0. The van der Waals surface area contributed by atoms with Crippen molar-refractivity contribution in [2.75, 3.05) is 13.2 Å². The van der Waals surface area contributed by atoms with E-state index < -0.39 is 0 Å². The van der Waals surface area contributed by atoms with Crippen molar-refractivity contribution in [1.29, 1.82) is 0 Å². The Morgan fingerprint density at radius 1 is 1.27 bits per heavy atom. The lowest BCUT2D eigenvalue weighted by atomic mass is 10.2. The van der Waals surface area contributed by atoms with Gasteiger partial charge in [-0.1, -0.05) is 26.2 Å². The van der Waals surface area contributed by atoms with Gasteiger partial charge in [0.05, 0.1) is 12.7 Å². The summed E-state index contributed by atoms with van der Waals surface area (Å²) < 4.78 is 5.30. The van der Waals surface area contributed by atoms with Crippen LogP contribution in [0.1, 0.15) is 52.9 Å². The van der Waals surface area contributed by atoms with Crippen LogP contribution in [0.4, 0.5) is 0 Å². The first-order chi connectivity index (χ1) is 7.16. The van der Waals surface area contributed by atoms with Crippen molar-refractivity contribution >= 4 is 5.91 Å². The van der Waals surface area contributed by atoms with Gasteiger partial charge >= 0.3 is 0 Å². The summed E-state index contributed by atoms with van der Waals surface area (Å²) in [6.45, 7) is 7.46. The average Bonchev–Trinajstić information content (AvgIpc) is 2.17. The van der Waals surface area contributed by atoms with E-state index in [1.165, 1.54) is 19.3 Å². The van der Waals surface area contributed by atoms with Gasteiger partial charge in [-0.15, -0.1) is 0 Å². The summed E-state index contributed by atoms with van der Waals surface area (Å²) in [6.07, 6.45) is 5.47. The lowest BCUT2D eigenvalue weighted by Gasteiger charge is -2.07. The summed E-state index contributed by atoms with van der Waals surface area (Å²) in [5, 5.41) is 2.90. The van der Waals surface area contributed by atoms with Crippen LogP contribution in [-0.2, 0) is 9.53 Å². The molecule has 0 aliphatic carbocycles. The standard InChI is InChI=1S/C12H25NO2/c1-4-5-6-7-9-13-12(14)8-10-15-11(2)3/h11H,4-10H2,1-3H3,(H,13,14). The van der Waals surface area contributed by atoms with E-state index in [1.54, 1.807) is 0 Å². The zero-order chi connectivity index (χ0) is 11.5. The smallest absolute Gasteiger partial charge is 0.222 e. The zero-order valence-electron chi connectivity index (χ0n) is 10.3. The fourth-order valence-electron chi connectivity index (χ4n) is 1.26. The van der Waals surface area contributed by atoms with Gasteiger partial charge in [-0.05, 0) is 20.3 Å². The minimum Gasteiger partial charge on any atom is -0.378 e. The third kappa shape index (κ3) is 11.4. The van der Waals surface area contributed by atoms with E-state index in [-0.39, 0.29) is 12.0 Å². The van der Waals surface area contributed by atoms with Crippen LogP contribution in [-0.4, -0.2) is 25.2 Å². The molecule has 0 aromatic carbocycles. The molecular weight excluding hydrogens is 190 g/mol. The minimum absolute atomic E-state index is 0.104. The fourth-order valence-corrected chi connectivity index (χ4v) is 1.26. The van der Waals surface area contributed by atoms with Crippen molar-refractivity contribution in [3.8, 4) is 0 Å². The van der Waals surface area contributed by atoms with Crippen LogP contribution < -0.4 is 5.32 Å². The number of amides is 1. The Balaban J connectivity index is 3.19. The summed E-state index contributed by atoms with van der Waals surface area (Å²) in [7, 11) is 0. The summed E-state index contributed by atoms with van der Waals surface area (Å²) in [4.78, 5) is 11.3. The predicted molar refractivity (Wildman–Crippen MR) is 62.9 cm³/mol. The normalized spacial score (nSPS) is 10.7. The molecule has 0 aliphatic heterocycles. The van der Waals surface area contributed by atoms with Gasteiger partial charge < -0.3 is 10.1 Å². The highest BCUT2D eigenvalue weighted by Gasteiger charge is 2.01. The zero-order valence-corrected chi connectivity index (χ0v) is 10.3. The monoisotopic (exact) mass is 215 g/mol. The molecular formula is C12H25NO2. The molecule has 3 nitrogen and oxygen atoms in total. The highest BCUT2D eigenvalue weighted by Crippen LogP contribution is 1.97. The SMILES string of the molecule is CCCCCCNC(=O)CCOC(C)C. The molecule has 3 heteroatoms. The molecule has 0 saturated heterocycles. The molecule has 0 heterocycles. The van der Waals surface area contributed by atoms with Crippen molar-refractivity contribution < 1.29 is 9.53 Å². The largest absolute Gasteiger partial charge is 0.378 e. The molecule has 1 N–H and O–H groups in total. The fraction of sp³-hybridized carbons (Fsp3) is 0.917. The number of hydrogen-bond acceptors (Lipinski definition) is 2.